The normalized spacial score (nSPS) is 22.1. The van der Waals surface area contributed by atoms with E-state index in [0.717, 1.165) is 43.6 Å². The summed E-state index contributed by atoms with van der Waals surface area (Å²) in [6.45, 7) is 4.16. The summed E-state index contributed by atoms with van der Waals surface area (Å²) in [5, 5.41) is 0. The predicted octanol–water partition coefficient (Wildman–Crippen LogP) is 7.43. The quantitative estimate of drug-likeness (QED) is 0.309. The Labute approximate surface area is 199 Å². The third-order valence-electron chi connectivity index (χ3n) is 7.19. The monoisotopic (exact) mass is 474 g/mol. The molecule has 0 N–H and O–H groups in total. The molecule has 1 saturated carbocycles. The molecule has 34 heavy (non-hydrogen) atoms. The number of benzene rings is 2. The Morgan fingerprint density at radius 2 is 1.82 bits per heavy atom. The molecular formula is C28H33F3O3. The number of hydrogen-bond acceptors (Lipinski definition) is 3. The molecule has 2 aromatic carbocycles. The molecule has 4 rings (SSSR count). The van der Waals surface area contributed by atoms with Crippen LogP contribution in [0.5, 0.6) is 11.5 Å². The molecule has 2 aliphatic rings. The lowest BCUT2D eigenvalue weighted by Gasteiger charge is -2.27. The van der Waals surface area contributed by atoms with Crippen LogP contribution in [0.2, 0.25) is 0 Å². The Morgan fingerprint density at radius 1 is 1.06 bits per heavy atom. The van der Waals surface area contributed by atoms with E-state index < -0.39 is 29.5 Å². The average molecular weight is 475 g/mol. The molecule has 1 fully saturated rings. The van der Waals surface area contributed by atoms with Crippen LogP contribution in [0.4, 0.5) is 13.2 Å². The summed E-state index contributed by atoms with van der Waals surface area (Å²) in [5.41, 5.74) is 1.99. The van der Waals surface area contributed by atoms with Gasteiger partial charge in [0.1, 0.15) is 0 Å². The first kappa shape index (κ1) is 24.6. The van der Waals surface area contributed by atoms with Crippen LogP contribution in [-0.2, 0) is 17.6 Å². The fraction of sp³-hybridized carbons (Fsp3) is 0.536. The molecule has 0 saturated heterocycles. The molecule has 0 bridgehead atoms. The van der Waals surface area contributed by atoms with Gasteiger partial charge in [-0.15, -0.1) is 0 Å². The second-order valence-electron chi connectivity index (χ2n) is 9.84. The minimum atomic E-state index is -0.956. The van der Waals surface area contributed by atoms with Gasteiger partial charge in [0, 0.05) is 6.42 Å². The van der Waals surface area contributed by atoms with E-state index in [0.29, 0.717) is 36.3 Å². The van der Waals surface area contributed by atoms with Crippen LogP contribution in [0.1, 0.15) is 87.8 Å². The maximum absolute atomic E-state index is 14.6. The predicted molar refractivity (Wildman–Crippen MR) is 125 cm³/mol. The van der Waals surface area contributed by atoms with E-state index in [1.165, 1.54) is 12.1 Å². The van der Waals surface area contributed by atoms with Crippen molar-refractivity contribution in [2.45, 2.75) is 90.1 Å². The smallest absolute Gasteiger partial charge is 0.311 e. The molecule has 1 aliphatic heterocycles. The van der Waals surface area contributed by atoms with Gasteiger partial charge >= 0.3 is 5.97 Å². The summed E-state index contributed by atoms with van der Waals surface area (Å²) in [6.07, 6.45) is 6.61. The number of esters is 1. The van der Waals surface area contributed by atoms with Crippen LogP contribution in [0, 0.1) is 23.4 Å². The van der Waals surface area contributed by atoms with E-state index >= 15 is 0 Å². The largest absolute Gasteiger partial charge is 0.487 e. The summed E-state index contributed by atoms with van der Waals surface area (Å²) < 4.78 is 54.4. The van der Waals surface area contributed by atoms with Gasteiger partial charge in [0.05, 0.1) is 6.10 Å². The van der Waals surface area contributed by atoms with Gasteiger partial charge in [0.2, 0.25) is 5.82 Å². The van der Waals surface area contributed by atoms with Crippen molar-refractivity contribution < 1.29 is 27.4 Å². The van der Waals surface area contributed by atoms with E-state index in [2.05, 4.69) is 6.92 Å². The molecule has 1 unspecified atom stereocenters. The van der Waals surface area contributed by atoms with Crippen molar-refractivity contribution in [1.82, 2.24) is 0 Å². The highest BCUT2D eigenvalue weighted by Gasteiger charge is 2.27. The maximum atomic E-state index is 14.6. The van der Waals surface area contributed by atoms with Gasteiger partial charge in [-0.05, 0) is 85.3 Å². The fourth-order valence-electron chi connectivity index (χ4n) is 5.13. The number of fused-ring (bicyclic) bond motifs is 1. The highest BCUT2D eigenvalue weighted by Crippen LogP contribution is 2.37. The van der Waals surface area contributed by atoms with Crippen LogP contribution in [0.25, 0.3) is 0 Å². The molecule has 1 heterocycles. The molecule has 1 atom stereocenters. The van der Waals surface area contributed by atoms with E-state index in [1.54, 1.807) is 6.07 Å². The number of carbonyl (C=O) groups excluding carboxylic acids is 1. The highest BCUT2D eigenvalue weighted by molar-refractivity contribution is 5.72. The number of ether oxygens (including phenoxy) is 2. The van der Waals surface area contributed by atoms with Gasteiger partial charge in [0.25, 0.3) is 0 Å². The van der Waals surface area contributed by atoms with Crippen molar-refractivity contribution in [3.05, 3.63) is 58.4 Å². The van der Waals surface area contributed by atoms with Crippen LogP contribution in [-0.4, -0.2) is 12.1 Å². The lowest BCUT2D eigenvalue weighted by Crippen LogP contribution is -2.25. The average Bonchev–Trinajstić information content (AvgIpc) is 2.83. The molecule has 0 spiro atoms. The minimum Gasteiger partial charge on any atom is -0.487 e. The first-order chi connectivity index (χ1) is 16.4. The van der Waals surface area contributed by atoms with Gasteiger partial charge in [-0.3, -0.25) is 4.79 Å². The van der Waals surface area contributed by atoms with E-state index in [1.807, 2.05) is 13.0 Å². The Kier molecular flexibility index (Phi) is 7.84. The van der Waals surface area contributed by atoms with Crippen molar-refractivity contribution >= 4 is 5.97 Å². The van der Waals surface area contributed by atoms with E-state index in [4.69, 9.17) is 9.47 Å². The molecule has 1 aliphatic carbocycles. The molecule has 0 aromatic heterocycles. The van der Waals surface area contributed by atoms with Gasteiger partial charge in [0.15, 0.2) is 23.1 Å². The zero-order valence-corrected chi connectivity index (χ0v) is 20.0. The second-order valence-corrected chi connectivity index (χ2v) is 9.84. The minimum absolute atomic E-state index is 0.000273. The van der Waals surface area contributed by atoms with Crippen molar-refractivity contribution in [3.8, 4) is 11.5 Å². The number of rotatable bonds is 7. The number of carbonyl (C=O) groups is 1. The van der Waals surface area contributed by atoms with Crippen molar-refractivity contribution in [3.63, 3.8) is 0 Å². The third-order valence-corrected chi connectivity index (χ3v) is 7.19. The summed E-state index contributed by atoms with van der Waals surface area (Å²) in [6, 6.07) is 6.54. The molecule has 6 heteroatoms. The van der Waals surface area contributed by atoms with Crippen LogP contribution < -0.4 is 9.47 Å². The summed E-state index contributed by atoms with van der Waals surface area (Å²) in [7, 11) is 0. The third kappa shape index (κ3) is 5.59. The summed E-state index contributed by atoms with van der Waals surface area (Å²) in [4.78, 5) is 12.3. The van der Waals surface area contributed by atoms with E-state index in [9.17, 15) is 18.0 Å². The molecule has 184 valence electrons. The van der Waals surface area contributed by atoms with Gasteiger partial charge in [-0.1, -0.05) is 39.2 Å². The van der Waals surface area contributed by atoms with Crippen LogP contribution in [0.15, 0.2) is 24.3 Å². The molecule has 0 radical (unpaired) electrons. The number of hydrogen-bond donors (Lipinski definition) is 0. The second kappa shape index (κ2) is 10.8. The summed E-state index contributed by atoms with van der Waals surface area (Å²) in [5.74, 6) is -1.98. The standard InChI is InChI=1S/C28H33F3O3/c1-3-4-20-15-21-9-11-22(33-28(21)27(31)26(20)30)12-14-25(32)34-24-13-10-19(16-23(24)29)18-7-5-17(2)6-8-18/h10,13,15-18,22H,3-9,11-12,14H2,1-2H3. The highest BCUT2D eigenvalue weighted by atomic mass is 19.2. The summed E-state index contributed by atoms with van der Waals surface area (Å²) >= 11 is 0. The molecule has 3 nitrogen and oxygen atoms in total. The van der Waals surface area contributed by atoms with Crippen molar-refractivity contribution in [1.29, 1.82) is 0 Å². The zero-order chi connectivity index (χ0) is 24.2. The fourth-order valence-corrected chi connectivity index (χ4v) is 5.13. The van der Waals surface area contributed by atoms with Crippen molar-refractivity contribution in [2.24, 2.45) is 5.92 Å². The van der Waals surface area contributed by atoms with Crippen LogP contribution >= 0.6 is 0 Å². The zero-order valence-electron chi connectivity index (χ0n) is 20.0. The number of aryl methyl sites for hydroxylation is 2. The molecule has 2 aromatic rings. The Hall–Kier alpha value is -2.50. The van der Waals surface area contributed by atoms with Gasteiger partial charge in [-0.25, -0.2) is 8.78 Å². The first-order valence-corrected chi connectivity index (χ1v) is 12.5. The van der Waals surface area contributed by atoms with E-state index in [-0.39, 0.29) is 24.3 Å². The SMILES string of the molecule is CCCc1cc2c(c(F)c1F)OC(CCC(=O)Oc1ccc(C3CCC(C)CC3)cc1F)CC2. The van der Waals surface area contributed by atoms with Gasteiger partial charge < -0.3 is 9.47 Å². The maximum Gasteiger partial charge on any atom is 0.311 e. The Morgan fingerprint density at radius 3 is 2.53 bits per heavy atom. The number of halogens is 3. The topological polar surface area (TPSA) is 35.5 Å². The molecular weight excluding hydrogens is 441 g/mol. The lowest BCUT2D eigenvalue weighted by atomic mass is 9.79. The first-order valence-electron chi connectivity index (χ1n) is 12.5. The molecule has 0 amide bonds. The lowest BCUT2D eigenvalue weighted by molar-refractivity contribution is -0.135. The Balaban J connectivity index is 1.31. The Bertz CT molecular complexity index is 1030. The van der Waals surface area contributed by atoms with Crippen molar-refractivity contribution in [2.75, 3.05) is 0 Å². The van der Waals surface area contributed by atoms with Crippen LogP contribution in [0.3, 0.4) is 0 Å². The van der Waals surface area contributed by atoms with Gasteiger partial charge in [-0.2, -0.15) is 4.39 Å².